The molecule has 0 saturated heterocycles. The van der Waals surface area contributed by atoms with Crippen molar-refractivity contribution in [1.29, 1.82) is 0 Å². The van der Waals surface area contributed by atoms with Crippen molar-refractivity contribution in [3.8, 4) is 0 Å². The third-order valence-electron chi connectivity index (χ3n) is 4.67. The average molecular weight is 388 g/mol. The summed E-state index contributed by atoms with van der Waals surface area (Å²) < 4.78 is 2.41. The Bertz CT molecular complexity index is 1240. The van der Waals surface area contributed by atoms with Crippen molar-refractivity contribution in [3.63, 3.8) is 0 Å². The average Bonchev–Trinajstić information content (AvgIpc) is 3.01. The van der Waals surface area contributed by atoms with E-state index in [4.69, 9.17) is 0 Å². The molecule has 0 radical (unpaired) electrons. The van der Waals surface area contributed by atoms with Gasteiger partial charge in [0.1, 0.15) is 12.4 Å². The van der Waals surface area contributed by atoms with Gasteiger partial charge < -0.3 is 10.6 Å². The quantitative estimate of drug-likeness (QED) is 0.548. The van der Waals surface area contributed by atoms with Crippen LogP contribution in [0.3, 0.4) is 0 Å². The normalized spacial score (nSPS) is 10.8. The van der Waals surface area contributed by atoms with Crippen LogP contribution in [0, 0.1) is 13.8 Å². The lowest BCUT2D eigenvalue weighted by atomic mass is 10.1. The van der Waals surface area contributed by atoms with Crippen molar-refractivity contribution >= 4 is 28.9 Å². The Hall–Kier alpha value is -3.94. The molecule has 0 unspecified atom stereocenters. The van der Waals surface area contributed by atoms with Gasteiger partial charge in [-0.3, -0.25) is 4.79 Å². The highest BCUT2D eigenvalue weighted by Gasteiger charge is 2.13. The molecule has 0 aliphatic carbocycles. The smallest absolute Gasteiger partial charge is 0.340 e. The molecule has 8 nitrogen and oxygen atoms in total. The van der Waals surface area contributed by atoms with E-state index in [1.165, 1.54) is 4.40 Å². The Morgan fingerprint density at radius 1 is 1.03 bits per heavy atom. The molecule has 29 heavy (non-hydrogen) atoms. The Kier molecular flexibility index (Phi) is 4.82. The second kappa shape index (κ2) is 7.59. The molecule has 1 amide bonds. The number of carbonyl (C=O) groups is 1. The minimum absolute atomic E-state index is 0.197. The van der Waals surface area contributed by atoms with Crippen LogP contribution in [0.5, 0.6) is 0 Å². The number of hydrogen-bond donors (Lipinski definition) is 2. The van der Waals surface area contributed by atoms with Gasteiger partial charge in [0.05, 0.1) is 0 Å². The largest absolute Gasteiger partial charge is 0.352 e. The molecule has 0 atom stereocenters. The molecule has 0 fully saturated rings. The summed E-state index contributed by atoms with van der Waals surface area (Å²) in [5.41, 5.74) is 3.24. The maximum absolute atomic E-state index is 12.5. The van der Waals surface area contributed by atoms with Gasteiger partial charge in [-0.25, -0.2) is 13.9 Å². The van der Waals surface area contributed by atoms with Crippen LogP contribution in [0.15, 0.2) is 65.6 Å². The molecule has 0 spiro atoms. The number of anilines is 3. The minimum Gasteiger partial charge on any atom is -0.340 e. The first-order valence-corrected chi connectivity index (χ1v) is 9.15. The van der Waals surface area contributed by atoms with E-state index in [1.807, 2.05) is 62.4 Å². The zero-order valence-corrected chi connectivity index (χ0v) is 16.1. The van der Waals surface area contributed by atoms with E-state index < -0.39 is 5.69 Å². The molecule has 2 heterocycles. The van der Waals surface area contributed by atoms with Crippen LogP contribution in [-0.2, 0) is 11.3 Å². The van der Waals surface area contributed by atoms with E-state index in [0.717, 1.165) is 27.2 Å². The molecule has 2 N–H and O–H groups in total. The second-order valence-corrected chi connectivity index (χ2v) is 6.71. The first-order valence-electron chi connectivity index (χ1n) is 9.15. The Balaban J connectivity index is 1.54. The van der Waals surface area contributed by atoms with Gasteiger partial charge in [-0.1, -0.05) is 30.3 Å². The number of carbonyl (C=O) groups excluding carboxylic acids is 1. The van der Waals surface area contributed by atoms with Gasteiger partial charge in [-0.2, -0.15) is 4.98 Å². The molecule has 146 valence electrons. The number of hydrogen-bond acceptors (Lipinski definition) is 5. The van der Waals surface area contributed by atoms with E-state index in [2.05, 4.69) is 20.7 Å². The van der Waals surface area contributed by atoms with E-state index in [1.54, 1.807) is 12.3 Å². The van der Waals surface area contributed by atoms with E-state index in [0.29, 0.717) is 5.82 Å². The molecule has 2 aromatic carbocycles. The van der Waals surface area contributed by atoms with Crippen LogP contribution < -0.4 is 16.3 Å². The SMILES string of the molecule is Cc1cccc(NC(=O)Cn2nc3nc(Nc4ccccc4)ccn3c2=O)c1C. The number of amides is 1. The summed E-state index contributed by atoms with van der Waals surface area (Å²) in [5.74, 6) is 0.447. The number of rotatable bonds is 5. The van der Waals surface area contributed by atoms with Crippen LogP contribution in [0.1, 0.15) is 11.1 Å². The molecule has 0 saturated carbocycles. The molecule has 0 aliphatic rings. The van der Waals surface area contributed by atoms with E-state index in [9.17, 15) is 9.59 Å². The van der Waals surface area contributed by atoms with E-state index in [-0.39, 0.29) is 18.2 Å². The van der Waals surface area contributed by atoms with Crippen molar-refractivity contribution < 1.29 is 4.79 Å². The fraction of sp³-hybridized carbons (Fsp3) is 0.143. The zero-order valence-electron chi connectivity index (χ0n) is 16.1. The number of nitrogens with one attached hydrogen (secondary N) is 2. The van der Waals surface area contributed by atoms with Crippen molar-refractivity contribution in [2.24, 2.45) is 0 Å². The summed E-state index contributed by atoms with van der Waals surface area (Å²) in [6.45, 7) is 3.72. The summed E-state index contributed by atoms with van der Waals surface area (Å²) in [6.07, 6.45) is 1.59. The summed E-state index contributed by atoms with van der Waals surface area (Å²) in [4.78, 5) is 29.3. The third-order valence-corrected chi connectivity index (χ3v) is 4.67. The summed E-state index contributed by atoms with van der Waals surface area (Å²) >= 11 is 0. The van der Waals surface area contributed by atoms with Gasteiger partial charge in [0.25, 0.3) is 5.78 Å². The second-order valence-electron chi connectivity index (χ2n) is 6.71. The predicted molar refractivity (Wildman–Crippen MR) is 112 cm³/mol. The molecule has 0 bridgehead atoms. The molecule has 8 heteroatoms. The Morgan fingerprint density at radius 3 is 2.62 bits per heavy atom. The number of para-hydroxylation sites is 1. The van der Waals surface area contributed by atoms with E-state index >= 15 is 0 Å². The van der Waals surface area contributed by atoms with Crippen LogP contribution in [-0.4, -0.2) is 25.1 Å². The van der Waals surface area contributed by atoms with Gasteiger partial charge in [0, 0.05) is 17.6 Å². The van der Waals surface area contributed by atoms with Crippen LogP contribution >= 0.6 is 0 Å². The zero-order chi connectivity index (χ0) is 20.4. The standard InChI is InChI=1S/C21H20N6O2/c1-14-7-6-10-17(15(14)2)23-19(28)13-27-21(29)26-12-11-18(24-20(26)25-27)22-16-8-4-3-5-9-16/h3-12H,13H2,1-2H3,(H,23,28)(H,22,24,25). The molecule has 4 rings (SSSR count). The van der Waals surface area contributed by atoms with Crippen molar-refractivity contribution in [2.75, 3.05) is 10.6 Å². The maximum Gasteiger partial charge on any atom is 0.352 e. The van der Waals surface area contributed by atoms with Crippen molar-refractivity contribution in [3.05, 3.63) is 82.4 Å². The Labute approximate surface area is 166 Å². The highest BCUT2D eigenvalue weighted by molar-refractivity contribution is 5.91. The monoisotopic (exact) mass is 388 g/mol. The topological polar surface area (TPSA) is 93.3 Å². The fourth-order valence-corrected chi connectivity index (χ4v) is 2.96. The maximum atomic E-state index is 12.5. The summed E-state index contributed by atoms with van der Waals surface area (Å²) in [5, 5.41) is 10.2. The van der Waals surface area contributed by atoms with Crippen LogP contribution in [0.2, 0.25) is 0 Å². The molecule has 2 aromatic heterocycles. The van der Waals surface area contributed by atoms with Gasteiger partial charge in [-0.15, -0.1) is 5.10 Å². The van der Waals surface area contributed by atoms with Gasteiger partial charge in [0.2, 0.25) is 5.91 Å². The molecule has 0 aliphatic heterocycles. The number of benzene rings is 2. The fourth-order valence-electron chi connectivity index (χ4n) is 2.96. The third kappa shape index (κ3) is 3.86. The number of fused-ring (bicyclic) bond motifs is 1. The Morgan fingerprint density at radius 2 is 1.83 bits per heavy atom. The van der Waals surface area contributed by atoms with Gasteiger partial charge >= 0.3 is 5.69 Å². The van der Waals surface area contributed by atoms with Crippen LogP contribution in [0.25, 0.3) is 5.78 Å². The summed E-state index contributed by atoms with van der Waals surface area (Å²) in [7, 11) is 0. The minimum atomic E-state index is -0.421. The first kappa shape index (κ1) is 18.4. The lowest BCUT2D eigenvalue weighted by molar-refractivity contribution is -0.117. The highest BCUT2D eigenvalue weighted by atomic mass is 16.2. The van der Waals surface area contributed by atoms with Crippen LogP contribution in [0.4, 0.5) is 17.2 Å². The molecule has 4 aromatic rings. The van der Waals surface area contributed by atoms with Gasteiger partial charge in [-0.05, 0) is 49.2 Å². The first-order chi connectivity index (χ1) is 14.0. The predicted octanol–water partition coefficient (Wildman–Crippen LogP) is 2.89. The van der Waals surface area contributed by atoms with Gasteiger partial charge in [0.15, 0.2) is 0 Å². The number of nitrogens with zero attached hydrogens (tertiary/aromatic N) is 4. The summed E-state index contributed by atoms with van der Waals surface area (Å²) in [6, 6.07) is 16.9. The van der Waals surface area contributed by atoms with Crippen molar-refractivity contribution in [2.45, 2.75) is 20.4 Å². The highest BCUT2D eigenvalue weighted by Crippen LogP contribution is 2.18. The molecular formula is C21H20N6O2. The molecular weight excluding hydrogens is 368 g/mol. The number of aromatic nitrogens is 4. The van der Waals surface area contributed by atoms with Crippen molar-refractivity contribution in [1.82, 2.24) is 19.2 Å². The lowest BCUT2D eigenvalue weighted by Gasteiger charge is -2.09. The number of aryl methyl sites for hydroxylation is 1. The lowest BCUT2D eigenvalue weighted by Crippen LogP contribution is -2.28.